The van der Waals surface area contributed by atoms with Gasteiger partial charge in [-0.2, -0.15) is 0 Å². The van der Waals surface area contributed by atoms with Crippen molar-refractivity contribution in [1.29, 1.82) is 0 Å². The predicted molar refractivity (Wildman–Crippen MR) is 156 cm³/mol. The van der Waals surface area contributed by atoms with Gasteiger partial charge in [0.1, 0.15) is 5.82 Å². The molecule has 10 heteroatoms. The van der Waals surface area contributed by atoms with Crippen LogP contribution in [0.15, 0.2) is 53.5 Å². The molecule has 0 aliphatic rings. The Kier molecular flexibility index (Phi) is 9.40. The summed E-state index contributed by atoms with van der Waals surface area (Å²) in [6.07, 6.45) is 1.55. The summed E-state index contributed by atoms with van der Waals surface area (Å²) in [6.45, 7) is 8.92. The van der Waals surface area contributed by atoms with Crippen molar-refractivity contribution in [3.05, 3.63) is 92.1 Å². The van der Waals surface area contributed by atoms with E-state index in [-0.39, 0.29) is 45.2 Å². The number of rotatable bonds is 9. The third-order valence-electron chi connectivity index (χ3n) is 6.52. The zero-order valence-corrected chi connectivity index (χ0v) is 25.3. The fraction of sp³-hybridized carbons (Fsp3) is 0.379. The van der Waals surface area contributed by atoms with Crippen LogP contribution in [0.25, 0.3) is 11.1 Å². The van der Waals surface area contributed by atoms with E-state index in [1.54, 1.807) is 25.4 Å². The molecule has 0 aliphatic heterocycles. The molecule has 6 nitrogen and oxygen atoms in total. The molecular weight excluding hydrogens is 561 g/mol. The first-order chi connectivity index (χ1) is 18.0. The minimum atomic E-state index is -3.59. The molecule has 210 valence electrons. The number of ketones is 1. The quantitative estimate of drug-likeness (QED) is 0.299. The van der Waals surface area contributed by atoms with Gasteiger partial charge < -0.3 is 4.57 Å². The van der Waals surface area contributed by atoms with Gasteiger partial charge >= 0.3 is 0 Å². The topological polar surface area (TPSA) is 90.3 Å². The summed E-state index contributed by atoms with van der Waals surface area (Å²) < 4.78 is 54.0. The SMILES string of the molecule is CCS(=O)(=O)Cc1cc(-c2cn(C)c(=O)cc2[C@H](C)C[S@@](=O)C(C)(C)C)c(C(=O)c2ccc(Cl)cc2)cc1F. The number of hydrogen-bond donors (Lipinski definition) is 0. The Hall–Kier alpha value is -2.62. The lowest BCUT2D eigenvalue weighted by molar-refractivity contribution is 0.103. The van der Waals surface area contributed by atoms with Gasteiger partial charge in [-0.3, -0.25) is 13.8 Å². The highest BCUT2D eigenvalue weighted by Gasteiger charge is 2.27. The van der Waals surface area contributed by atoms with Crippen molar-refractivity contribution in [2.24, 2.45) is 7.05 Å². The molecule has 0 spiro atoms. The minimum absolute atomic E-state index is 0.0107. The molecule has 0 amide bonds. The summed E-state index contributed by atoms with van der Waals surface area (Å²) in [5, 5.41) is 0.430. The number of pyridine rings is 1. The number of aryl methyl sites for hydroxylation is 1. The zero-order valence-electron chi connectivity index (χ0n) is 22.9. The van der Waals surface area contributed by atoms with Gasteiger partial charge in [-0.1, -0.05) is 25.4 Å². The van der Waals surface area contributed by atoms with Crippen LogP contribution in [0, 0.1) is 5.82 Å². The molecule has 0 radical (unpaired) electrons. The third-order valence-corrected chi connectivity index (χ3v) is 10.6. The highest BCUT2D eigenvalue weighted by atomic mass is 35.5. The van der Waals surface area contributed by atoms with Crippen LogP contribution in [0.5, 0.6) is 0 Å². The molecule has 0 saturated carbocycles. The van der Waals surface area contributed by atoms with Gasteiger partial charge in [0.05, 0.1) is 5.75 Å². The van der Waals surface area contributed by atoms with Crippen LogP contribution in [-0.2, 0) is 33.4 Å². The van der Waals surface area contributed by atoms with E-state index < -0.39 is 42.7 Å². The Morgan fingerprint density at radius 1 is 1.10 bits per heavy atom. The van der Waals surface area contributed by atoms with Crippen LogP contribution in [0.2, 0.25) is 5.02 Å². The van der Waals surface area contributed by atoms with Crippen LogP contribution in [0.3, 0.4) is 0 Å². The normalized spacial score (nSPS) is 13.7. The monoisotopic (exact) mass is 593 g/mol. The highest BCUT2D eigenvalue weighted by molar-refractivity contribution is 7.90. The second-order valence-corrected chi connectivity index (χ2v) is 15.7. The maximum atomic E-state index is 15.3. The Bertz CT molecular complexity index is 1590. The van der Waals surface area contributed by atoms with Crippen LogP contribution in [-0.4, -0.2) is 39.2 Å². The van der Waals surface area contributed by atoms with Gasteiger partial charge in [-0.15, -0.1) is 0 Å². The van der Waals surface area contributed by atoms with E-state index in [1.165, 1.54) is 35.8 Å². The zero-order chi connectivity index (χ0) is 29.3. The lowest BCUT2D eigenvalue weighted by Crippen LogP contribution is -2.27. The average molecular weight is 594 g/mol. The lowest BCUT2D eigenvalue weighted by atomic mass is 9.88. The van der Waals surface area contributed by atoms with Gasteiger partial charge in [0, 0.05) is 73.6 Å². The number of benzene rings is 2. The van der Waals surface area contributed by atoms with E-state index in [2.05, 4.69) is 0 Å². The Balaban J connectivity index is 2.32. The van der Waals surface area contributed by atoms with Crippen LogP contribution >= 0.6 is 11.6 Å². The number of sulfone groups is 1. The first-order valence-electron chi connectivity index (χ1n) is 12.5. The highest BCUT2D eigenvalue weighted by Crippen LogP contribution is 2.35. The molecule has 0 saturated heterocycles. The smallest absolute Gasteiger partial charge is 0.250 e. The van der Waals surface area contributed by atoms with Gasteiger partial charge in [-0.05, 0) is 74.2 Å². The van der Waals surface area contributed by atoms with E-state index in [4.69, 9.17) is 11.6 Å². The fourth-order valence-corrected chi connectivity index (χ4v) is 6.24. The van der Waals surface area contributed by atoms with Crippen molar-refractivity contribution >= 4 is 38.0 Å². The molecule has 3 aromatic rings. The summed E-state index contributed by atoms with van der Waals surface area (Å²) >= 11 is 5.99. The van der Waals surface area contributed by atoms with E-state index in [0.717, 1.165) is 6.07 Å². The summed E-state index contributed by atoms with van der Waals surface area (Å²) in [4.78, 5) is 26.4. The second-order valence-electron chi connectivity index (χ2n) is 10.6. The number of hydrogen-bond acceptors (Lipinski definition) is 5. The standard InChI is InChI=1S/C29H33ClFNO5S2/c1-7-39(36,37)17-20-12-23(24(13-26(20)31)28(34)19-8-10-21(30)11-9-19)25-15-32(6)27(33)14-22(25)18(2)16-38(35)29(3,4)5/h8-15,18H,7,16-17H2,1-6H3/t18-,38-/m1/s1. The molecule has 0 aliphatic carbocycles. The van der Waals surface area contributed by atoms with Crippen LogP contribution in [0.4, 0.5) is 4.39 Å². The largest absolute Gasteiger partial charge is 0.318 e. The van der Waals surface area contributed by atoms with Crippen LogP contribution < -0.4 is 5.56 Å². The molecule has 0 bridgehead atoms. The molecule has 0 N–H and O–H groups in total. The molecule has 2 atom stereocenters. The fourth-order valence-electron chi connectivity index (χ4n) is 4.08. The Morgan fingerprint density at radius 2 is 1.72 bits per heavy atom. The van der Waals surface area contributed by atoms with E-state index in [0.29, 0.717) is 16.1 Å². The first kappa shape index (κ1) is 30.9. The van der Waals surface area contributed by atoms with Crippen molar-refractivity contribution in [3.8, 4) is 11.1 Å². The number of nitrogens with zero attached hydrogens (tertiary/aromatic N) is 1. The molecule has 1 heterocycles. The third kappa shape index (κ3) is 7.32. The van der Waals surface area contributed by atoms with Crippen molar-refractivity contribution in [2.45, 2.75) is 51.0 Å². The van der Waals surface area contributed by atoms with Gasteiger partial charge in [-0.25, -0.2) is 12.8 Å². The van der Waals surface area contributed by atoms with E-state index in [9.17, 15) is 22.2 Å². The van der Waals surface area contributed by atoms with Crippen molar-refractivity contribution < 1.29 is 21.8 Å². The molecule has 0 fully saturated rings. The van der Waals surface area contributed by atoms with Gasteiger partial charge in [0.15, 0.2) is 15.6 Å². The average Bonchev–Trinajstić information content (AvgIpc) is 2.85. The van der Waals surface area contributed by atoms with Gasteiger partial charge in [0.2, 0.25) is 0 Å². The summed E-state index contributed by atoms with van der Waals surface area (Å²) in [6, 6.07) is 10.0. The van der Waals surface area contributed by atoms with E-state index >= 15 is 4.39 Å². The van der Waals surface area contributed by atoms with Crippen LogP contribution in [0.1, 0.15) is 67.6 Å². The second kappa shape index (κ2) is 11.9. The van der Waals surface area contributed by atoms with Crippen molar-refractivity contribution in [1.82, 2.24) is 4.57 Å². The van der Waals surface area contributed by atoms with E-state index in [1.807, 2.05) is 27.7 Å². The Morgan fingerprint density at radius 3 is 2.28 bits per heavy atom. The summed E-state index contributed by atoms with van der Waals surface area (Å²) in [7, 11) is -3.28. The number of carbonyl (C=O) groups excluding carboxylic acids is 1. The van der Waals surface area contributed by atoms with Crippen molar-refractivity contribution in [3.63, 3.8) is 0 Å². The number of halogens is 2. The Labute approximate surface area is 236 Å². The molecule has 2 aromatic carbocycles. The number of carbonyl (C=O) groups is 1. The lowest BCUT2D eigenvalue weighted by Gasteiger charge is -2.23. The van der Waals surface area contributed by atoms with Crippen molar-refractivity contribution in [2.75, 3.05) is 11.5 Å². The predicted octanol–water partition coefficient (Wildman–Crippen LogP) is 5.66. The summed E-state index contributed by atoms with van der Waals surface area (Å²) in [5.41, 5.74) is 1.18. The maximum Gasteiger partial charge on any atom is 0.250 e. The molecule has 3 rings (SSSR count). The molecular formula is C29H33ClFNO5S2. The molecule has 39 heavy (non-hydrogen) atoms. The minimum Gasteiger partial charge on any atom is -0.318 e. The van der Waals surface area contributed by atoms with Gasteiger partial charge in [0.25, 0.3) is 5.56 Å². The number of aromatic nitrogens is 1. The molecule has 0 unspecified atom stereocenters. The molecule has 1 aromatic heterocycles. The first-order valence-corrected chi connectivity index (χ1v) is 16.0. The maximum absolute atomic E-state index is 15.3. The summed E-state index contributed by atoms with van der Waals surface area (Å²) in [5.74, 6) is -2.13.